The summed E-state index contributed by atoms with van der Waals surface area (Å²) in [5.74, 6) is -1.14. The number of hydrogen-bond donors (Lipinski definition) is 2. The molecule has 106 valence electrons. The summed E-state index contributed by atoms with van der Waals surface area (Å²) in [5.41, 5.74) is 6.03. The molecule has 3 unspecified atom stereocenters. The van der Waals surface area contributed by atoms with E-state index in [1.165, 1.54) is 12.1 Å². The van der Waals surface area contributed by atoms with E-state index in [4.69, 9.17) is 28.9 Å². The van der Waals surface area contributed by atoms with Crippen LogP contribution < -0.4 is 11.1 Å². The number of carbonyl (C=O) groups is 1. The van der Waals surface area contributed by atoms with Crippen LogP contribution in [0.15, 0.2) is 12.1 Å². The van der Waals surface area contributed by atoms with Gasteiger partial charge in [0.1, 0.15) is 5.82 Å². The molecule has 3 N–H and O–H groups in total. The Labute approximate surface area is 122 Å². The van der Waals surface area contributed by atoms with Crippen molar-refractivity contribution < 1.29 is 9.18 Å². The minimum atomic E-state index is -0.567. The first-order valence-electron chi connectivity index (χ1n) is 5.95. The van der Waals surface area contributed by atoms with Crippen LogP contribution in [0.2, 0.25) is 10.0 Å². The Bertz CT molecular complexity index is 480. The van der Waals surface area contributed by atoms with Crippen LogP contribution in [0.25, 0.3) is 0 Å². The van der Waals surface area contributed by atoms with E-state index >= 15 is 0 Å². The highest BCUT2D eigenvalue weighted by molar-refractivity contribution is 6.36. The van der Waals surface area contributed by atoms with Gasteiger partial charge in [-0.1, -0.05) is 30.1 Å². The zero-order valence-corrected chi connectivity index (χ0v) is 12.5. The second kappa shape index (κ2) is 6.55. The van der Waals surface area contributed by atoms with Crippen molar-refractivity contribution in [3.05, 3.63) is 33.6 Å². The number of carbonyl (C=O) groups excluding carboxylic acids is 1. The molecule has 0 aliphatic carbocycles. The van der Waals surface area contributed by atoms with Crippen molar-refractivity contribution >= 4 is 29.1 Å². The molecule has 0 saturated carbocycles. The smallest absolute Gasteiger partial charge is 0.224 e. The molecule has 0 fully saturated rings. The first-order valence-corrected chi connectivity index (χ1v) is 6.70. The maximum Gasteiger partial charge on any atom is 0.224 e. The molecule has 1 aromatic rings. The fourth-order valence-electron chi connectivity index (χ4n) is 1.60. The van der Waals surface area contributed by atoms with Gasteiger partial charge in [-0.15, -0.1) is 0 Å². The molecule has 1 amide bonds. The van der Waals surface area contributed by atoms with Gasteiger partial charge in [-0.25, -0.2) is 4.39 Å². The normalized spacial score (nSPS) is 15.7. The summed E-state index contributed by atoms with van der Waals surface area (Å²) in [6.07, 6.45) is 0. The molecule has 1 rings (SSSR count). The van der Waals surface area contributed by atoms with E-state index in [0.717, 1.165) is 0 Å². The minimum absolute atomic E-state index is 0.0752. The van der Waals surface area contributed by atoms with Gasteiger partial charge >= 0.3 is 0 Å². The fraction of sp³-hybridized carbons (Fsp3) is 0.462. The van der Waals surface area contributed by atoms with Crippen molar-refractivity contribution in [2.24, 2.45) is 11.7 Å². The van der Waals surface area contributed by atoms with Gasteiger partial charge in [0.2, 0.25) is 5.91 Å². The number of halogens is 3. The van der Waals surface area contributed by atoms with Crippen LogP contribution in [0.5, 0.6) is 0 Å². The van der Waals surface area contributed by atoms with E-state index in [1.54, 1.807) is 20.8 Å². The van der Waals surface area contributed by atoms with Gasteiger partial charge in [-0.05, 0) is 26.0 Å². The van der Waals surface area contributed by atoms with Crippen molar-refractivity contribution in [2.45, 2.75) is 32.9 Å². The number of amides is 1. The first-order chi connectivity index (χ1) is 8.75. The molecule has 3 atom stereocenters. The summed E-state index contributed by atoms with van der Waals surface area (Å²) >= 11 is 11.9. The third-order valence-electron chi connectivity index (χ3n) is 3.07. The minimum Gasteiger partial charge on any atom is -0.349 e. The lowest BCUT2D eigenvalue weighted by Gasteiger charge is -2.21. The zero-order valence-electron chi connectivity index (χ0n) is 11.0. The predicted molar refractivity (Wildman–Crippen MR) is 75.8 cm³/mol. The Hall–Kier alpha value is -0.840. The second-order valence-corrected chi connectivity index (χ2v) is 5.42. The van der Waals surface area contributed by atoms with Gasteiger partial charge in [0.25, 0.3) is 0 Å². The Balaban J connectivity index is 2.93. The number of nitrogens with one attached hydrogen (secondary N) is 1. The van der Waals surface area contributed by atoms with Crippen LogP contribution >= 0.6 is 23.2 Å². The summed E-state index contributed by atoms with van der Waals surface area (Å²) in [6, 6.07) is 1.83. The fourth-order valence-corrected chi connectivity index (χ4v) is 2.29. The van der Waals surface area contributed by atoms with Crippen molar-refractivity contribution in [1.82, 2.24) is 5.32 Å². The third-order valence-corrected chi connectivity index (χ3v) is 3.79. The maximum atomic E-state index is 13.4. The van der Waals surface area contributed by atoms with Crippen molar-refractivity contribution in [2.75, 3.05) is 0 Å². The number of rotatable bonds is 4. The molecule has 19 heavy (non-hydrogen) atoms. The molecule has 0 spiro atoms. The summed E-state index contributed by atoms with van der Waals surface area (Å²) in [5, 5.41) is 2.97. The van der Waals surface area contributed by atoms with E-state index in [1.807, 2.05) is 0 Å². The number of benzene rings is 1. The van der Waals surface area contributed by atoms with E-state index in [-0.39, 0.29) is 22.9 Å². The lowest BCUT2D eigenvalue weighted by atomic mass is 10.0. The van der Waals surface area contributed by atoms with Gasteiger partial charge in [-0.2, -0.15) is 0 Å². The van der Waals surface area contributed by atoms with Gasteiger partial charge in [0.05, 0.1) is 11.1 Å². The first kappa shape index (κ1) is 16.2. The molecule has 1 aromatic carbocycles. The van der Waals surface area contributed by atoms with Crippen LogP contribution in [0.3, 0.4) is 0 Å². The van der Waals surface area contributed by atoms with E-state index in [0.29, 0.717) is 10.6 Å². The van der Waals surface area contributed by atoms with Crippen LogP contribution in [0, 0.1) is 11.7 Å². The molecule has 0 aliphatic rings. The highest BCUT2D eigenvalue weighted by Gasteiger charge is 2.22. The highest BCUT2D eigenvalue weighted by Crippen LogP contribution is 2.32. The molecule has 3 nitrogen and oxygen atoms in total. The lowest BCUT2D eigenvalue weighted by Crippen LogP contribution is -2.39. The van der Waals surface area contributed by atoms with Crippen LogP contribution in [0.1, 0.15) is 32.4 Å². The standard InChI is InChI=1S/C13H17Cl2FN2O/c1-6(7(2)17)13(19)18-8(3)11-9(14)4-5-10(16)12(11)15/h4-8H,17H2,1-3H3,(H,18,19). The maximum absolute atomic E-state index is 13.4. The van der Waals surface area contributed by atoms with Crippen LogP contribution in [-0.4, -0.2) is 11.9 Å². The Kier molecular flexibility index (Phi) is 5.59. The number of nitrogens with two attached hydrogens (primary N) is 1. The molecule has 0 saturated heterocycles. The highest BCUT2D eigenvalue weighted by atomic mass is 35.5. The number of hydrogen-bond acceptors (Lipinski definition) is 2. The second-order valence-electron chi connectivity index (χ2n) is 4.63. The monoisotopic (exact) mass is 306 g/mol. The Morgan fingerprint density at radius 2 is 1.89 bits per heavy atom. The lowest BCUT2D eigenvalue weighted by molar-refractivity contribution is -0.125. The van der Waals surface area contributed by atoms with Crippen LogP contribution in [0.4, 0.5) is 4.39 Å². The average molecular weight is 307 g/mol. The summed E-state index contributed by atoms with van der Waals surface area (Å²) < 4.78 is 13.4. The third kappa shape index (κ3) is 3.81. The topological polar surface area (TPSA) is 55.1 Å². The molecule has 6 heteroatoms. The van der Waals surface area contributed by atoms with Gasteiger partial charge in [0.15, 0.2) is 0 Å². The Morgan fingerprint density at radius 1 is 1.32 bits per heavy atom. The summed E-state index contributed by atoms with van der Waals surface area (Å²) in [7, 11) is 0. The van der Waals surface area contributed by atoms with Crippen molar-refractivity contribution in [3.63, 3.8) is 0 Å². The molecule has 0 bridgehead atoms. The quantitative estimate of drug-likeness (QED) is 0.839. The predicted octanol–water partition coefficient (Wildman–Crippen LogP) is 3.29. The SMILES string of the molecule is CC(NC(=O)C(C)C(C)N)c1c(Cl)ccc(F)c1Cl. The molecule has 0 aromatic heterocycles. The summed E-state index contributed by atoms with van der Waals surface area (Å²) in [6.45, 7) is 5.16. The largest absolute Gasteiger partial charge is 0.349 e. The van der Waals surface area contributed by atoms with Gasteiger partial charge in [-0.3, -0.25) is 4.79 Å². The Morgan fingerprint density at radius 3 is 2.42 bits per heavy atom. The van der Waals surface area contributed by atoms with Gasteiger partial charge < -0.3 is 11.1 Å². The molecular formula is C13H17Cl2FN2O. The molecule has 0 aliphatic heterocycles. The van der Waals surface area contributed by atoms with Gasteiger partial charge in [0, 0.05) is 22.5 Å². The average Bonchev–Trinajstić information content (AvgIpc) is 2.33. The van der Waals surface area contributed by atoms with E-state index < -0.39 is 11.9 Å². The van der Waals surface area contributed by atoms with Crippen molar-refractivity contribution in [3.8, 4) is 0 Å². The summed E-state index contributed by atoms with van der Waals surface area (Å²) in [4.78, 5) is 11.9. The molecule has 0 heterocycles. The van der Waals surface area contributed by atoms with E-state index in [9.17, 15) is 9.18 Å². The van der Waals surface area contributed by atoms with Crippen molar-refractivity contribution in [1.29, 1.82) is 0 Å². The molecular weight excluding hydrogens is 290 g/mol. The van der Waals surface area contributed by atoms with E-state index in [2.05, 4.69) is 5.32 Å². The molecule has 0 radical (unpaired) electrons. The zero-order chi connectivity index (χ0) is 14.7. The van der Waals surface area contributed by atoms with Crippen LogP contribution in [-0.2, 0) is 4.79 Å².